The summed E-state index contributed by atoms with van der Waals surface area (Å²) in [7, 11) is 0. The highest BCUT2D eigenvalue weighted by Crippen LogP contribution is 2.31. The maximum absolute atomic E-state index is 9.51. The first-order valence-corrected chi connectivity index (χ1v) is 4.72. The van der Waals surface area contributed by atoms with Crippen molar-refractivity contribution in [3.63, 3.8) is 0 Å². The molecule has 0 aliphatic rings. The average Bonchev–Trinajstić information content (AvgIpc) is 2.16. The van der Waals surface area contributed by atoms with E-state index in [4.69, 9.17) is 4.74 Å². The van der Waals surface area contributed by atoms with Gasteiger partial charge in [-0.1, -0.05) is 30.8 Å². The summed E-state index contributed by atoms with van der Waals surface area (Å²) in [4.78, 5) is 0. The fourth-order valence-electron chi connectivity index (χ4n) is 1.53. The van der Waals surface area contributed by atoms with Crippen molar-refractivity contribution in [2.75, 3.05) is 0 Å². The van der Waals surface area contributed by atoms with Crippen LogP contribution in [0.1, 0.15) is 6.92 Å². The number of aromatic hydroxyl groups is 1. The van der Waals surface area contributed by atoms with Crippen LogP contribution >= 0.6 is 0 Å². The second-order valence-electron chi connectivity index (χ2n) is 3.47. The minimum Gasteiger partial charge on any atom is -0.508 e. The first-order valence-electron chi connectivity index (χ1n) is 4.72. The predicted octanol–water partition coefficient (Wildman–Crippen LogP) is 3.46. The second kappa shape index (κ2) is 3.65. The topological polar surface area (TPSA) is 29.5 Å². The number of allylic oxidation sites excluding steroid dienone is 1. The summed E-state index contributed by atoms with van der Waals surface area (Å²) < 4.78 is 5.45. The number of fused-ring (bicyclic) bond motifs is 1. The number of phenolic OH excluding ortho intramolecular Hbond substituents is 1. The van der Waals surface area contributed by atoms with Crippen LogP contribution in [-0.2, 0) is 0 Å². The Morgan fingerprint density at radius 3 is 2.73 bits per heavy atom. The summed E-state index contributed by atoms with van der Waals surface area (Å²) in [5, 5.41) is 11.4. The van der Waals surface area contributed by atoms with Crippen molar-refractivity contribution in [1.29, 1.82) is 0 Å². The maximum atomic E-state index is 9.51. The number of hydrogen-bond donors (Lipinski definition) is 1. The van der Waals surface area contributed by atoms with Gasteiger partial charge < -0.3 is 9.84 Å². The molecule has 0 atom stereocenters. The highest BCUT2D eigenvalue weighted by Gasteiger charge is 2.04. The molecule has 0 radical (unpaired) electrons. The van der Waals surface area contributed by atoms with E-state index in [0.717, 1.165) is 10.8 Å². The first-order chi connectivity index (χ1) is 7.16. The molecule has 2 nitrogen and oxygen atoms in total. The number of benzene rings is 2. The van der Waals surface area contributed by atoms with Crippen molar-refractivity contribution in [3.05, 3.63) is 48.7 Å². The van der Waals surface area contributed by atoms with Gasteiger partial charge in [-0.3, -0.25) is 0 Å². The molecule has 0 heterocycles. The van der Waals surface area contributed by atoms with Gasteiger partial charge in [0.05, 0.1) is 5.76 Å². The Labute approximate surface area is 88.4 Å². The lowest BCUT2D eigenvalue weighted by Gasteiger charge is -2.08. The molecule has 2 heteroatoms. The smallest absolute Gasteiger partial charge is 0.138 e. The van der Waals surface area contributed by atoms with Crippen LogP contribution < -0.4 is 4.74 Å². The van der Waals surface area contributed by atoms with E-state index in [1.807, 2.05) is 24.3 Å². The van der Waals surface area contributed by atoms with E-state index in [0.29, 0.717) is 11.5 Å². The van der Waals surface area contributed by atoms with Crippen molar-refractivity contribution in [1.82, 2.24) is 0 Å². The van der Waals surface area contributed by atoms with Gasteiger partial charge in [-0.2, -0.15) is 0 Å². The molecule has 0 aliphatic heterocycles. The third-order valence-electron chi connectivity index (χ3n) is 2.09. The average molecular weight is 200 g/mol. The van der Waals surface area contributed by atoms with Crippen molar-refractivity contribution in [2.24, 2.45) is 0 Å². The minimum absolute atomic E-state index is 0.199. The molecule has 0 saturated heterocycles. The zero-order chi connectivity index (χ0) is 10.8. The van der Waals surface area contributed by atoms with Gasteiger partial charge in [0.25, 0.3) is 0 Å². The van der Waals surface area contributed by atoms with Gasteiger partial charge >= 0.3 is 0 Å². The SMILES string of the molecule is C=C(C)Oc1cc(O)cc2ccccc12. The molecule has 0 saturated carbocycles. The Balaban J connectivity index is 2.65. The molecular weight excluding hydrogens is 188 g/mol. The molecule has 0 aliphatic carbocycles. The molecule has 15 heavy (non-hydrogen) atoms. The maximum Gasteiger partial charge on any atom is 0.138 e. The number of phenols is 1. The third kappa shape index (κ3) is 1.94. The van der Waals surface area contributed by atoms with Crippen molar-refractivity contribution in [3.8, 4) is 11.5 Å². The zero-order valence-corrected chi connectivity index (χ0v) is 8.53. The lowest BCUT2D eigenvalue weighted by molar-refractivity contribution is 0.426. The number of ether oxygens (including phenoxy) is 1. The molecular formula is C13H12O2. The predicted molar refractivity (Wildman–Crippen MR) is 61.1 cm³/mol. The van der Waals surface area contributed by atoms with Gasteiger partial charge in [-0.25, -0.2) is 0 Å². The standard InChI is InChI=1S/C13H12O2/c1-9(2)15-13-8-11(14)7-10-5-3-4-6-12(10)13/h3-8,14H,1H2,2H3. The van der Waals surface area contributed by atoms with Gasteiger partial charge in [-0.05, 0) is 18.4 Å². The van der Waals surface area contributed by atoms with Gasteiger partial charge in [0.15, 0.2) is 0 Å². The van der Waals surface area contributed by atoms with Crippen LogP contribution in [0.25, 0.3) is 10.8 Å². The molecule has 2 aromatic carbocycles. The van der Waals surface area contributed by atoms with Crippen LogP contribution in [0.3, 0.4) is 0 Å². The lowest BCUT2D eigenvalue weighted by Crippen LogP contribution is -1.89. The quantitative estimate of drug-likeness (QED) is 0.752. The molecule has 2 aromatic rings. The normalized spacial score (nSPS) is 10.2. The van der Waals surface area contributed by atoms with Crippen LogP contribution in [0, 0.1) is 0 Å². The summed E-state index contributed by atoms with van der Waals surface area (Å²) >= 11 is 0. The van der Waals surface area contributed by atoms with E-state index in [-0.39, 0.29) is 5.75 Å². The van der Waals surface area contributed by atoms with Crippen molar-refractivity contribution in [2.45, 2.75) is 6.92 Å². The molecule has 0 bridgehead atoms. The van der Waals surface area contributed by atoms with Gasteiger partial charge in [0, 0.05) is 11.5 Å². The molecule has 0 fully saturated rings. The van der Waals surface area contributed by atoms with Crippen molar-refractivity contribution < 1.29 is 9.84 Å². The minimum atomic E-state index is 0.199. The van der Waals surface area contributed by atoms with Crippen LogP contribution in [0.4, 0.5) is 0 Å². The Kier molecular flexibility index (Phi) is 2.34. The Hall–Kier alpha value is -1.96. The summed E-state index contributed by atoms with van der Waals surface area (Å²) in [6.07, 6.45) is 0. The monoisotopic (exact) mass is 200 g/mol. The van der Waals surface area contributed by atoms with E-state index in [1.54, 1.807) is 19.1 Å². The van der Waals surface area contributed by atoms with Crippen LogP contribution in [0.15, 0.2) is 48.7 Å². The Bertz CT molecular complexity index is 515. The number of hydrogen-bond acceptors (Lipinski definition) is 2. The first kappa shape index (κ1) is 9.59. The zero-order valence-electron chi connectivity index (χ0n) is 8.53. The largest absolute Gasteiger partial charge is 0.508 e. The van der Waals surface area contributed by atoms with Gasteiger partial charge in [-0.15, -0.1) is 0 Å². The van der Waals surface area contributed by atoms with E-state index in [2.05, 4.69) is 6.58 Å². The van der Waals surface area contributed by atoms with E-state index in [9.17, 15) is 5.11 Å². The van der Waals surface area contributed by atoms with E-state index < -0.39 is 0 Å². The molecule has 0 aromatic heterocycles. The second-order valence-corrected chi connectivity index (χ2v) is 3.47. The molecule has 1 N–H and O–H groups in total. The highest BCUT2D eigenvalue weighted by atomic mass is 16.5. The number of rotatable bonds is 2. The summed E-state index contributed by atoms with van der Waals surface area (Å²) in [5.74, 6) is 1.44. The highest BCUT2D eigenvalue weighted by molar-refractivity contribution is 5.89. The summed E-state index contributed by atoms with van der Waals surface area (Å²) in [5.41, 5.74) is 0. The van der Waals surface area contributed by atoms with Gasteiger partial charge in [0.2, 0.25) is 0 Å². The lowest BCUT2D eigenvalue weighted by atomic mass is 10.1. The fraction of sp³-hybridized carbons (Fsp3) is 0.0769. The summed E-state index contributed by atoms with van der Waals surface area (Å²) in [6, 6.07) is 11.0. The molecule has 0 unspecified atom stereocenters. The molecule has 0 spiro atoms. The van der Waals surface area contributed by atoms with Gasteiger partial charge in [0.1, 0.15) is 11.5 Å². The fourth-order valence-corrected chi connectivity index (χ4v) is 1.53. The molecule has 76 valence electrons. The van der Waals surface area contributed by atoms with Crippen LogP contribution in [0.2, 0.25) is 0 Å². The van der Waals surface area contributed by atoms with E-state index >= 15 is 0 Å². The molecule has 2 rings (SSSR count). The van der Waals surface area contributed by atoms with Crippen LogP contribution in [-0.4, -0.2) is 5.11 Å². The van der Waals surface area contributed by atoms with E-state index in [1.165, 1.54) is 0 Å². The van der Waals surface area contributed by atoms with Crippen molar-refractivity contribution >= 4 is 10.8 Å². The third-order valence-corrected chi connectivity index (χ3v) is 2.09. The van der Waals surface area contributed by atoms with Crippen LogP contribution in [0.5, 0.6) is 11.5 Å². The molecule has 0 amide bonds. The summed E-state index contributed by atoms with van der Waals surface area (Å²) in [6.45, 7) is 5.46. The Morgan fingerprint density at radius 1 is 1.27 bits per heavy atom. The Morgan fingerprint density at radius 2 is 2.00 bits per heavy atom.